The Hall–Kier alpha value is -2.92. The van der Waals surface area contributed by atoms with E-state index in [4.69, 9.17) is 0 Å². The van der Waals surface area contributed by atoms with E-state index in [2.05, 4.69) is 5.32 Å². The Balaban J connectivity index is 0.00000341. The number of nitrogens with one attached hydrogen (secondary N) is 1. The Morgan fingerprint density at radius 1 is 1.10 bits per heavy atom. The number of para-hydroxylation sites is 1. The number of alkyl halides is 3. The molecular weight excluding hydrogens is 444 g/mol. The first-order chi connectivity index (χ1) is 14.1. The molecule has 0 radical (unpaired) electrons. The summed E-state index contributed by atoms with van der Waals surface area (Å²) < 4.78 is 52.2. The number of nitro benzene ring substituents is 1. The van der Waals surface area contributed by atoms with E-state index in [-0.39, 0.29) is 30.5 Å². The molecule has 1 N–H and O–H groups in total. The summed E-state index contributed by atoms with van der Waals surface area (Å²) in [5.41, 5.74) is -1.83. The predicted octanol–water partition coefficient (Wildman–Crippen LogP) is 3.94. The molecule has 2 aromatic carbocycles. The predicted molar refractivity (Wildman–Crippen MR) is 109 cm³/mol. The molecule has 0 unspecified atom stereocenters. The van der Waals surface area contributed by atoms with E-state index in [0.717, 1.165) is 6.07 Å². The molecule has 2 aromatic rings. The first-order valence-corrected chi connectivity index (χ1v) is 9.02. The average Bonchev–Trinajstić information content (AvgIpc) is 2.68. The van der Waals surface area contributed by atoms with Crippen molar-refractivity contribution in [3.8, 4) is 0 Å². The number of benzene rings is 2. The van der Waals surface area contributed by atoms with E-state index in [0.29, 0.717) is 44.0 Å². The molecule has 31 heavy (non-hydrogen) atoms. The van der Waals surface area contributed by atoms with Crippen molar-refractivity contribution in [2.24, 2.45) is 0 Å². The van der Waals surface area contributed by atoms with Crippen LogP contribution in [0.2, 0.25) is 0 Å². The smallest absolute Gasteiger partial charge is 0.367 e. The van der Waals surface area contributed by atoms with Gasteiger partial charge in [-0.3, -0.25) is 19.8 Å². The highest BCUT2D eigenvalue weighted by atomic mass is 35.5. The number of hydrogen-bond donors (Lipinski definition) is 1. The van der Waals surface area contributed by atoms with Crippen LogP contribution in [-0.2, 0) is 11.0 Å². The fourth-order valence-corrected chi connectivity index (χ4v) is 3.21. The maximum absolute atomic E-state index is 13.9. The maximum Gasteiger partial charge on any atom is 0.416 e. The summed E-state index contributed by atoms with van der Waals surface area (Å²) in [5, 5.41) is 13.4. The summed E-state index contributed by atoms with van der Waals surface area (Å²) in [6.07, 6.45) is -4.73. The molecule has 0 bridgehead atoms. The van der Waals surface area contributed by atoms with E-state index in [1.807, 2.05) is 4.90 Å². The molecule has 0 spiro atoms. The zero-order chi connectivity index (χ0) is 21.9. The Bertz CT molecular complexity index is 950. The summed E-state index contributed by atoms with van der Waals surface area (Å²) in [7, 11) is 0. The molecule has 1 saturated heterocycles. The van der Waals surface area contributed by atoms with Gasteiger partial charge in [0, 0.05) is 32.2 Å². The third kappa shape index (κ3) is 6.05. The molecule has 0 aliphatic carbocycles. The van der Waals surface area contributed by atoms with Gasteiger partial charge in [-0.1, -0.05) is 12.1 Å². The number of hydrogen-bond acceptors (Lipinski definition) is 5. The number of nitrogens with zero attached hydrogens (tertiary/aromatic N) is 3. The van der Waals surface area contributed by atoms with Gasteiger partial charge in [-0.15, -0.1) is 12.4 Å². The fraction of sp³-hybridized carbons (Fsp3) is 0.316. The number of nitro groups is 1. The normalized spacial score (nSPS) is 14.6. The Morgan fingerprint density at radius 2 is 1.74 bits per heavy atom. The molecule has 0 saturated carbocycles. The largest absolute Gasteiger partial charge is 0.416 e. The Kier molecular flexibility index (Phi) is 7.80. The van der Waals surface area contributed by atoms with Gasteiger partial charge in [-0.05, 0) is 24.3 Å². The quantitative estimate of drug-likeness (QED) is 0.414. The summed E-state index contributed by atoms with van der Waals surface area (Å²) in [6, 6.07) is 8.30. The van der Waals surface area contributed by atoms with Crippen LogP contribution in [0.3, 0.4) is 0 Å². The molecule has 0 aromatic heterocycles. The van der Waals surface area contributed by atoms with Crippen molar-refractivity contribution in [2.75, 3.05) is 42.9 Å². The van der Waals surface area contributed by atoms with Gasteiger partial charge < -0.3 is 10.2 Å². The standard InChI is InChI=1S/C19H18F4N4O3.ClH/c20-14-3-1-2-4-16(14)26-9-7-25(8-10-26)12-18(28)24-15-6-5-13(19(21,22)23)11-17(15)27(29)30;/h1-6,11H,7-10,12H2,(H,24,28);1H. The number of rotatable bonds is 5. The van der Waals surface area contributed by atoms with Gasteiger partial charge in [-0.2, -0.15) is 13.2 Å². The lowest BCUT2D eigenvalue weighted by Crippen LogP contribution is -2.48. The number of carbonyl (C=O) groups excluding carboxylic acids is 1. The molecule has 3 rings (SSSR count). The molecule has 1 amide bonds. The van der Waals surface area contributed by atoms with Crippen molar-refractivity contribution in [1.29, 1.82) is 0 Å². The van der Waals surface area contributed by atoms with E-state index in [1.54, 1.807) is 23.1 Å². The van der Waals surface area contributed by atoms with Gasteiger partial charge in [0.15, 0.2) is 0 Å². The monoisotopic (exact) mass is 462 g/mol. The topological polar surface area (TPSA) is 78.7 Å². The third-order valence-electron chi connectivity index (χ3n) is 4.73. The third-order valence-corrected chi connectivity index (χ3v) is 4.73. The molecule has 1 heterocycles. The molecular formula is C19H19ClF4N4O3. The minimum absolute atomic E-state index is 0. The van der Waals surface area contributed by atoms with Crippen LogP contribution in [0.25, 0.3) is 0 Å². The van der Waals surface area contributed by atoms with Gasteiger partial charge >= 0.3 is 6.18 Å². The highest BCUT2D eigenvalue weighted by Crippen LogP contribution is 2.35. The lowest BCUT2D eigenvalue weighted by atomic mass is 10.1. The lowest BCUT2D eigenvalue weighted by Gasteiger charge is -2.35. The number of halogens is 5. The second kappa shape index (κ2) is 9.92. The molecule has 7 nitrogen and oxygen atoms in total. The first kappa shape index (κ1) is 24.4. The van der Waals surface area contributed by atoms with Crippen LogP contribution in [0, 0.1) is 15.9 Å². The Morgan fingerprint density at radius 3 is 2.32 bits per heavy atom. The van der Waals surface area contributed by atoms with Gasteiger partial charge in [0.05, 0.1) is 22.7 Å². The number of anilines is 2. The number of carbonyl (C=O) groups is 1. The highest BCUT2D eigenvalue weighted by molar-refractivity contribution is 5.94. The molecule has 1 fully saturated rings. The Labute approximate surface area is 181 Å². The van der Waals surface area contributed by atoms with E-state index < -0.39 is 28.3 Å². The van der Waals surface area contributed by atoms with E-state index in [1.165, 1.54) is 6.07 Å². The van der Waals surface area contributed by atoms with Crippen molar-refractivity contribution < 1.29 is 27.3 Å². The van der Waals surface area contributed by atoms with Crippen LogP contribution in [0.5, 0.6) is 0 Å². The van der Waals surface area contributed by atoms with Gasteiger partial charge in [0.25, 0.3) is 5.69 Å². The van der Waals surface area contributed by atoms with Crippen LogP contribution in [0.1, 0.15) is 5.56 Å². The van der Waals surface area contributed by atoms with E-state index in [9.17, 15) is 32.5 Å². The van der Waals surface area contributed by atoms with Gasteiger partial charge in [0.2, 0.25) is 5.91 Å². The van der Waals surface area contributed by atoms with E-state index >= 15 is 0 Å². The molecule has 12 heteroatoms. The lowest BCUT2D eigenvalue weighted by molar-refractivity contribution is -0.384. The fourth-order valence-electron chi connectivity index (χ4n) is 3.21. The SMILES string of the molecule is Cl.O=C(CN1CCN(c2ccccc2F)CC1)Nc1ccc(C(F)(F)F)cc1[N+](=O)[O-]. The summed E-state index contributed by atoms with van der Waals surface area (Å²) in [5.74, 6) is -0.921. The van der Waals surface area contributed by atoms with Crippen molar-refractivity contribution in [3.63, 3.8) is 0 Å². The van der Waals surface area contributed by atoms with Crippen LogP contribution in [-0.4, -0.2) is 48.5 Å². The van der Waals surface area contributed by atoms with Crippen LogP contribution in [0.15, 0.2) is 42.5 Å². The molecule has 1 aliphatic heterocycles. The second-order valence-electron chi connectivity index (χ2n) is 6.75. The first-order valence-electron chi connectivity index (χ1n) is 9.02. The number of piperazine rings is 1. The zero-order valence-corrected chi connectivity index (χ0v) is 16.9. The summed E-state index contributed by atoms with van der Waals surface area (Å²) in [6.45, 7) is 1.78. The minimum atomic E-state index is -4.73. The minimum Gasteiger partial charge on any atom is -0.367 e. The summed E-state index contributed by atoms with van der Waals surface area (Å²) >= 11 is 0. The molecule has 168 valence electrons. The van der Waals surface area contributed by atoms with Crippen molar-refractivity contribution in [2.45, 2.75) is 6.18 Å². The average molecular weight is 463 g/mol. The van der Waals surface area contributed by atoms with Crippen LogP contribution < -0.4 is 10.2 Å². The highest BCUT2D eigenvalue weighted by Gasteiger charge is 2.33. The molecule has 1 aliphatic rings. The zero-order valence-electron chi connectivity index (χ0n) is 16.1. The van der Waals surface area contributed by atoms with Crippen molar-refractivity contribution in [1.82, 2.24) is 4.90 Å². The van der Waals surface area contributed by atoms with Gasteiger partial charge in [0.1, 0.15) is 11.5 Å². The van der Waals surface area contributed by atoms with Crippen molar-refractivity contribution >= 4 is 35.4 Å². The molecule has 0 atom stereocenters. The second-order valence-corrected chi connectivity index (χ2v) is 6.75. The maximum atomic E-state index is 13.9. The van der Waals surface area contributed by atoms with Crippen LogP contribution in [0.4, 0.5) is 34.6 Å². The van der Waals surface area contributed by atoms with Crippen LogP contribution >= 0.6 is 12.4 Å². The van der Waals surface area contributed by atoms with Gasteiger partial charge in [-0.25, -0.2) is 4.39 Å². The van der Waals surface area contributed by atoms with Crippen molar-refractivity contribution in [3.05, 3.63) is 64.0 Å². The number of amides is 1. The summed E-state index contributed by atoms with van der Waals surface area (Å²) in [4.78, 5) is 26.0.